The SMILES string of the molecule is Cc1ccccc1C(=O)N(Cc1ccc(OS(=O)(=O)c2ccc(F)cc2)cc1)C(C)C. The maximum atomic E-state index is 13.0. The van der Waals surface area contributed by atoms with Gasteiger partial charge in [0, 0.05) is 18.2 Å². The highest BCUT2D eigenvalue weighted by atomic mass is 32.2. The molecule has 7 heteroatoms. The second-order valence-corrected chi connectivity index (χ2v) is 9.02. The molecule has 162 valence electrons. The molecule has 3 aromatic rings. The summed E-state index contributed by atoms with van der Waals surface area (Å²) in [6.45, 7) is 6.17. The van der Waals surface area contributed by atoms with Gasteiger partial charge < -0.3 is 9.08 Å². The smallest absolute Gasteiger partial charge is 0.339 e. The fourth-order valence-electron chi connectivity index (χ4n) is 3.08. The van der Waals surface area contributed by atoms with Gasteiger partial charge in [0.2, 0.25) is 0 Å². The lowest BCUT2D eigenvalue weighted by atomic mass is 10.1. The Hall–Kier alpha value is -3.19. The van der Waals surface area contributed by atoms with Crippen molar-refractivity contribution in [2.75, 3.05) is 0 Å². The summed E-state index contributed by atoms with van der Waals surface area (Å²) in [4.78, 5) is 14.7. The number of carbonyl (C=O) groups is 1. The number of hydrogen-bond donors (Lipinski definition) is 0. The van der Waals surface area contributed by atoms with Crippen LogP contribution >= 0.6 is 0 Å². The molecule has 0 aromatic heterocycles. The molecule has 0 heterocycles. The lowest BCUT2D eigenvalue weighted by Gasteiger charge is -2.27. The van der Waals surface area contributed by atoms with Crippen LogP contribution in [0.15, 0.2) is 77.7 Å². The van der Waals surface area contributed by atoms with Crippen molar-refractivity contribution in [1.29, 1.82) is 0 Å². The number of nitrogens with zero attached hydrogens (tertiary/aromatic N) is 1. The Morgan fingerprint density at radius 2 is 1.58 bits per heavy atom. The molecule has 0 N–H and O–H groups in total. The van der Waals surface area contributed by atoms with Gasteiger partial charge in [0.05, 0.1) is 0 Å². The van der Waals surface area contributed by atoms with E-state index in [0.29, 0.717) is 12.1 Å². The Bertz CT molecular complexity index is 1160. The Morgan fingerprint density at radius 1 is 0.968 bits per heavy atom. The molecule has 31 heavy (non-hydrogen) atoms. The quantitative estimate of drug-likeness (QED) is 0.487. The number of rotatable bonds is 7. The average molecular weight is 442 g/mol. The standard InChI is InChI=1S/C24H24FNO4S/c1-17(2)26(24(27)23-7-5-4-6-18(23)3)16-19-8-12-21(13-9-19)30-31(28,29)22-14-10-20(25)11-15-22/h4-15,17H,16H2,1-3H3. The Kier molecular flexibility index (Phi) is 6.75. The van der Waals surface area contributed by atoms with Crippen molar-refractivity contribution in [3.63, 3.8) is 0 Å². The van der Waals surface area contributed by atoms with E-state index in [1.807, 2.05) is 45.0 Å². The largest absolute Gasteiger partial charge is 0.379 e. The molecule has 0 unspecified atom stereocenters. The van der Waals surface area contributed by atoms with Crippen molar-refractivity contribution in [1.82, 2.24) is 4.90 Å². The van der Waals surface area contributed by atoms with E-state index in [0.717, 1.165) is 35.4 Å². The van der Waals surface area contributed by atoms with Crippen LogP contribution in [0.5, 0.6) is 5.75 Å². The van der Waals surface area contributed by atoms with Crippen molar-refractivity contribution in [3.05, 3.63) is 95.3 Å². The van der Waals surface area contributed by atoms with Gasteiger partial charge in [0.15, 0.2) is 0 Å². The minimum atomic E-state index is -4.06. The van der Waals surface area contributed by atoms with Crippen molar-refractivity contribution in [2.45, 2.75) is 38.3 Å². The molecule has 0 aliphatic rings. The highest BCUT2D eigenvalue weighted by Crippen LogP contribution is 2.21. The van der Waals surface area contributed by atoms with E-state index in [1.165, 1.54) is 12.1 Å². The fraction of sp³-hybridized carbons (Fsp3) is 0.208. The third kappa shape index (κ3) is 5.49. The molecule has 0 aliphatic carbocycles. The van der Waals surface area contributed by atoms with Crippen molar-refractivity contribution >= 4 is 16.0 Å². The van der Waals surface area contributed by atoms with Crippen LogP contribution in [0, 0.1) is 12.7 Å². The van der Waals surface area contributed by atoms with Crippen LogP contribution in [0.1, 0.15) is 35.3 Å². The van der Waals surface area contributed by atoms with Gasteiger partial charge >= 0.3 is 10.1 Å². The van der Waals surface area contributed by atoms with Gasteiger partial charge in [-0.05, 0) is 74.4 Å². The number of amides is 1. The first-order chi connectivity index (χ1) is 14.7. The zero-order chi connectivity index (χ0) is 22.6. The number of carbonyl (C=O) groups excluding carboxylic acids is 1. The summed E-state index contributed by atoms with van der Waals surface area (Å²) < 4.78 is 42.9. The highest BCUT2D eigenvalue weighted by Gasteiger charge is 2.21. The lowest BCUT2D eigenvalue weighted by molar-refractivity contribution is 0.0689. The Labute approximate surface area is 182 Å². The molecule has 0 bridgehead atoms. The first-order valence-corrected chi connectivity index (χ1v) is 11.2. The monoisotopic (exact) mass is 441 g/mol. The van der Waals surface area contributed by atoms with Crippen molar-refractivity contribution in [2.24, 2.45) is 0 Å². The molecule has 0 atom stereocenters. The third-order valence-electron chi connectivity index (χ3n) is 4.84. The van der Waals surface area contributed by atoms with Crippen LogP contribution in [0.3, 0.4) is 0 Å². The summed E-state index contributed by atoms with van der Waals surface area (Å²) in [5.74, 6) is -0.458. The maximum absolute atomic E-state index is 13.0. The summed E-state index contributed by atoms with van der Waals surface area (Å²) in [6, 6.07) is 18.3. The van der Waals surface area contributed by atoms with Gasteiger partial charge in [0.25, 0.3) is 5.91 Å². The molecule has 1 amide bonds. The normalized spacial score (nSPS) is 11.4. The second-order valence-electron chi connectivity index (χ2n) is 7.48. The van der Waals surface area contributed by atoms with Crippen LogP contribution in [-0.2, 0) is 16.7 Å². The molecule has 0 aliphatic heterocycles. The van der Waals surface area contributed by atoms with Crippen LogP contribution in [0.25, 0.3) is 0 Å². The molecule has 5 nitrogen and oxygen atoms in total. The minimum absolute atomic E-state index is 0.0260. The summed E-state index contributed by atoms with van der Waals surface area (Å²) in [7, 11) is -4.06. The third-order valence-corrected chi connectivity index (χ3v) is 6.11. The fourth-order valence-corrected chi connectivity index (χ4v) is 4.01. The zero-order valence-electron chi connectivity index (χ0n) is 17.6. The predicted molar refractivity (Wildman–Crippen MR) is 117 cm³/mol. The zero-order valence-corrected chi connectivity index (χ0v) is 18.4. The molecule has 3 aromatic carbocycles. The van der Waals surface area contributed by atoms with Crippen molar-refractivity contribution in [3.8, 4) is 5.75 Å². The van der Waals surface area contributed by atoms with E-state index in [-0.39, 0.29) is 22.6 Å². The van der Waals surface area contributed by atoms with Crippen LogP contribution in [0.4, 0.5) is 4.39 Å². The van der Waals surface area contributed by atoms with E-state index in [2.05, 4.69) is 0 Å². The van der Waals surface area contributed by atoms with Crippen LogP contribution in [0.2, 0.25) is 0 Å². The summed E-state index contributed by atoms with van der Waals surface area (Å²) in [5.41, 5.74) is 2.40. The lowest BCUT2D eigenvalue weighted by Crippen LogP contribution is -2.36. The summed E-state index contributed by atoms with van der Waals surface area (Å²) in [5, 5.41) is 0. The van der Waals surface area contributed by atoms with E-state index in [1.54, 1.807) is 17.0 Å². The topological polar surface area (TPSA) is 63.7 Å². The molecule has 0 saturated heterocycles. The molecular weight excluding hydrogens is 417 g/mol. The van der Waals surface area contributed by atoms with E-state index in [4.69, 9.17) is 4.18 Å². The van der Waals surface area contributed by atoms with Gasteiger partial charge in [-0.2, -0.15) is 8.42 Å². The Balaban J connectivity index is 1.75. The maximum Gasteiger partial charge on any atom is 0.339 e. The molecule has 0 radical (unpaired) electrons. The number of benzene rings is 3. The summed E-state index contributed by atoms with van der Waals surface area (Å²) in [6.07, 6.45) is 0. The predicted octanol–water partition coefficient (Wildman–Crippen LogP) is 4.95. The van der Waals surface area contributed by atoms with Gasteiger partial charge in [-0.1, -0.05) is 30.3 Å². The number of aryl methyl sites for hydroxylation is 1. The van der Waals surface area contributed by atoms with Crippen LogP contribution < -0.4 is 4.18 Å². The molecule has 0 fully saturated rings. The van der Waals surface area contributed by atoms with E-state index >= 15 is 0 Å². The van der Waals surface area contributed by atoms with Gasteiger partial charge in [-0.15, -0.1) is 0 Å². The minimum Gasteiger partial charge on any atom is -0.379 e. The summed E-state index contributed by atoms with van der Waals surface area (Å²) >= 11 is 0. The van der Waals surface area contributed by atoms with Crippen molar-refractivity contribution < 1.29 is 21.8 Å². The molecule has 3 rings (SSSR count). The molecular formula is C24H24FNO4S. The molecule has 0 spiro atoms. The van der Waals surface area contributed by atoms with Gasteiger partial charge in [0.1, 0.15) is 16.5 Å². The average Bonchev–Trinajstić information content (AvgIpc) is 2.73. The van der Waals surface area contributed by atoms with E-state index in [9.17, 15) is 17.6 Å². The molecule has 0 saturated carbocycles. The number of hydrogen-bond acceptors (Lipinski definition) is 4. The Morgan fingerprint density at radius 3 is 2.16 bits per heavy atom. The first kappa shape index (κ1) is 22.5. The first-order valence-electron chi connectivity index (χ1n) is 9.83. The number of halogens is 1. The van der Waals surface area contributed by atoms with Crippen LogP contribution in [-0.4, -0.2) is 25.3 Å². The van der Waals surface area contributed by atoms with Gasteiger partial charge in [-0.3, -0.25) is 4.79 Å². The van der Waals surface area contributed by atoms with Gasteiger partial charge in [-0.25, -0.2) is 4.39 Å². The van der Waals surface area contributed by atoms with E-state index < -0.39 is 15.9 Å². The highest BCUT2D eigenvalue weighted by molar-refractivity contribution is 7.87. The second kappa shape index (κ2) is 9.31.